The van der Waals surface area contributed by atoms with Gasteiger partial charge >= 0.3 is 5.97 Å². The summed E-state index contributed by atoms with van der Waals surface area (Å²) in [5.74, 6) is -2.73. The molecule has 0 amide bonds. The highest BCUT2D eigenvalue weighted by atomic mass is 16.6. The van der Waals surface area contributed by atoms with E-state index in [9.17, 15) is 15.0 Å². The lowest BCUT2D eigenvalue weighted by molar-refractivity contribution is -0.202. The maximum atomic E-state index is 11.3. The molecule has 0 aliphatic rings. The number of ether oxygens (including phenoxy) is 1. The van der Waals surface area contributed by atoms with E-state index >= 15 is 0 Å². The monoisotopic (exact) mass is 278 g/mol. The van der Waals surface area contributed by atoms with Crippen LogP contribution in [0.25, 0.3) is 10.9 Å². The molecule has 0 aliphatic heterocycles. The van der Waals surface area contributed by atoms with E-state index in [-0.39, 0.29) is 6.42 Å². The van der Waals surface area contributed by atoms with Crippen molar-refractivity contribution in [3.05, 3.63) is 36.0 Å². The van der Waals surface area contributed by atoms with Crippen LogP contribution in [0.15, 0.2) is 30.5 Å². The van der Waals surface area contributed by atoms with Crippen molar-refractivity contribution in [2.45, 2.75) is 25.3 Å². The molecule has 1 heterocycles. The molecule has 108 valence electrons. The van der Waals surface area contributed by atoms with Crippen molar-refractivity contribution < 1.29 is 19.7 Å². The van der Waals surface area contributed by atoms with Crippen molar-refractivity contribution in [3.63, 3.8) is 0 Å². The quantitative estimate of drug-likeness (QED) is 0.593. The van der Waals surface area contributed by atoms with Gasteiger partial charge in [0.15, 0.2) is 0 Å². The third-order valence-electron chi connectivity index (χ3n) is 3.24. The molecule has 0 fully saturated rings. The van der Waals surface area contributed by atoms with Gasteiger partial charge in [0.2, 0.25) is 5.91 Å². The van der Waals surface area contributed by atoms with Crippen molar-refractivity contribution in [1.82, 2.24) is 10.3 Å². The number of aliphatic carboxylic acids is 1. The van der Waals surface area contributed by atoms with Crippen molar-refractivity contribution >= 4 is 16.9 Å². The standard InChI is InChI=1S/C14H18N2O4/c1-14(19,20-2)16-12(13(17)18)7-9-8-15-11-6-4-3-5-10(9)11/h3-6,8,12,15-16,19H,7H2,1-2H3,(H,17,18)/t12-,14?/m0/s1. The molecule has 4 N–H and O–H groups in total. The molecular formula is C14H18N2O4. The van der Waals surface area contributed by atoms with E-state index in [1.165, 1.54) is 14.0 Å². The number of aromatic nitrogens is 1. The van der Waals surface area contributed by atoms with Crippen LogP contribution in [0.3, 0.4) is 0 Å². The van der Waals surface area contributed by atoms with E-state index in [1.54, 1.807) is 6.20 Å². The molecule has 0 saturated carbocycles. The lowest BCUT2D eigenvalue weighted by Gasteiger charge is -2.26. The molecule has 0 radical (unpaired) electrons. The van der Waals surface area contributed by atoms with E-state index in [1.807, 2.05) is 24.3 Å². The molecule has 1 aromatic heterocycles. The van der Waals surface area contributed by atoms with Gasteiger partial charge in [-0.3, -0.25) is 10.1 Å². The summed E-state index contributed by atoms with van der Waals surface area (Å²) in [6, 6.07) is 6.70. The molecule has 1 aromatic carbocycles. The number of aliphatic hydroxyl groups is 1. The topological polar surface area (TPSA) is 94.6 Å². The summed E-state index contributed by atoms with van der Waals surface area (Å²) in [4.78, 5) is 14.4. The number of carboxylic acids is 1. The number of H-pyrrole nitrogens is 1. The molecule has 2 aromatic rings. The van der Waals surface area contributed by atoms with Gasteiger partial charge < -0.3 is 19.9 Å². The lowest BCUT2D eigenvalue weighted by Crippen LogP contribution is -2.53. The van der Waals surface area contributed by atoms with Gasteiger partial charge in [0.05, 0.1) is 0 Å². The number of fused-ring (bicyclic) bond motifs is 1. The van der Waals surface area contributed by atoms with Crippen LogP contribution in [0.2, 0.25) is 0 Å². The van der Waals surface area contributed by atoms with Crippen molar-refractivity contribution in [2.24, 2.45) is 0 Å². The van der Waals surface area contributed by atoms with Gasteiger partial charge in [-0.2, -0.15) is 0 Å². The molecule has 0 saturated heterocycles. The molecule has 0 spiro atoms. The summed E-state index contributed by atoms with van der Waals surface area (Å²) in [6.07, 6.45) is 2.02. The Hall–Kier alpha value is -1.89. The SMILES string of the molecule is COC(C)(O)N[C@@H](Cc1c[nH]c2ccccc12)C(=O)O. The third kappa shape index (κ3) is 3.16. The number of aromatic amines is 1. The molecule has 6 nitrogen and oxygen atoms in total. The van der Waals surface area contributed by atoms with Gasteiger partial charge in [-0.05, 0) is 11.6 Å². The minimum Gasteiger partial charge on any atom is -0.480 e. The fourth-order valence-corrected chi connectivity index (χ4v) is 2.10. The van der Waals surface area contributed by atoms with Crippen LogP contribution in [-0.2, 0) is 16.0 Å². The van der Waals surface area contributed by atoms with Crippen LogP contribution in [0.1, 0.15) is 12.5 Å². The normalized spacial score (nSPS) is 15.9. The molecule has 0 aliphatic carbocycles. The number of para-hydroxylation sites is 1. The maximum Gasteiger partial charge on any atom is 0.321 e. The second-order valence-corrected chi connectivity index (χ2v) is 4.79. The minimum atomic E-state index is -1.69. The third-order valence-corrected chi connectivity index (χ3v) is 3.24. The van der Waals surface area contributed by atoms with Crippen LogP contribution in [0.5, 0.6) is 0 Å². The highest BCUT2D eigenvalue weighted by Gasteiger charge is 2.28. The first-order valence-electron chi connectivity index (χ1n) is 6.26. The Morgan fingerprint density at radius 1 is 1.50 bits per heavy atom. The van der Waals surface area contributed by atoms with Crippen molar-refractivity contribution in [2.75, 3.05) is 7.11 Å². The van der Waals surface area contributed by atoms with Gasteiger partial charge in [0.1, 0.15) is 6.04 Å². The molecule has 6 heteroatoms. The summed E-state index contributed by atoms with van der Waals surface area (Å²) in [6.45, 7) is 1.36. The first-order chi connectivity index (χ1) is 9.43. The number of hydrogen-bond donors (Lipinski definition) is 4. The van der Waals surface area contributed by atoms with Gasteiger partial charge in [-0.1, -0.05) is 18.2 Å². The number of methoxy groups -OCH3 is 1. The van der Waals surface area contributed by atoms with E-state index < -0.39 is 17.9 Å². The van der Waals surface area contributed by atoms with E-state index in [0.717, 1.165) is 16.5 Å². The number of hydrogen-bond acceptors (Lipinski definition) is 4. The second-order valence-electron chi connectivity index (χ2n) is 4.79. The van der Waals surface area contributed by atoms with Gasteiger partial charge in [0, 0.05) is 37.6 Å². The zero-order valence-corrected chi connectivity index (χ0v) is 11.4. The van der Waals surface area contributed by atoms with E-state index in [4.69, 9.17) is 4.74 Å². The van der Waals surface area contributed by atoms with Gasteiger partial charge in [0.25, 0.3) is 0 Å². The Labute approximate surface area is 116 Å². The smallest absolute Gasteiger partial charge is 0.321 e. The molecule has 0 bridgehead atoms. The van der Waals surface area contributed by atoms with Crippen molar-refractivity contribution in [3.8, 4) is 0 Å². The Kier molecular flexibility index (Phi) is 4.08. The fraction of sp³-hybridized carbons (Fsp3) is 0.357. The van der Waals surface area contributed by atoms with Crippen LogP contribution < -0.4 is 5.32 Å². The summed E-state index contributed by atoms with van der Waals surface area (Å²) in [5.41, 5.74) is 1.82. The average molecular weight is 278 g/mol. The molecule has 2 atom stereocenters. The lowest BCUT2D eigenvalue weighted by atomic mass is 10.0. The van der Waals surface area contributed by atoms with Gasteiger partial charge in [-0.25, -0.2) is 0 Å². The number of nitrogens with one attached hydrogen (secondary N) is 2. The molecule has 1 unspecified atom stereocenters. The Balaban J connectivity index is 2.22. The van der Waals surface area contributed by atoms with Crippen molar-refractivity contribution in [1.29, 1.82) is 0 Å². The maximum absolute atomic E-state index is 11.3. The minimum absolute atomic E-state index is 0.235. The van der Waals surface area contributed by atoms with Crippen LogP contribution in [-0.4, -0.2) is 40.2 Å². The highest BCUT2D eigenvalue weighted by Crippen LogP contribution is 2.19. The van der Waals surface area contributed by atoms with Gasteiger partial charge in [-0.15, -0.1) is 0 Å². The Morgan fingerprint density at radius 2 is 2.20 bits per heavy atom. The number of benzene rings is 1. The molecule has 20 heavy (non-hydrogen) atoms. The highest BCUT2D eigenvalue weighted by molar-refractivity contribution is 5.84. The fourth-order valence-electron chi connectivity index (χ4n) is 2.10. The summed E-state index contributed by atoms with van der Waals surface area (Å²) in [5, 5.41) is 22.6. The Morgan fingerprint density at radius 3 is 2.85 bits per heavy atom. The summed E-state index contributed by atoms with van der Waals surface area (Å²) < 4.78 is 4.80. The second kappa shape index (κ2) is 5.62. The molecular weight excluding hydrogens is 260 g/mol. The average Bonchev–Trinajstić information content (AvgIpc) is 2.81. The number of carbonyl (C=O) groups is 1. The predicted molar refractivity (Wildman–Crippen MR) is 74.2 cm³/mol. The Bertz CT molecular complexity index is 606. The zero-order valence-electron chi connectivity index (χ0n) is 11.4. The van der Waals surface area contributed by atoms with Crippen LogP contribution in [0, 0.1) is 0 Å². The van der Waals surface area contributed by atoms with E-state index in [0.29, 0.717) is 0 Å². The number of carboxylic acid groups (broad SMARTS) is 1. The zero-order chi connectivity index (χ0) is 14.8. The van der Waals surface area contributed by atoms with E-state index in [2.05, 4.69) is 10.3 Å². The van der Waals surface area contributed by atoms with Crippen LogP contribution >= 0.6 is 0 Å². The molecule has 2 rings (SSSR count). The number of rotatable bonds is 6. The van der Waals surface area contributed by atoms with Crippen LogP contribution in [0.4, 0.5) is 0 Å². The largest absolute Gasteiger partial charge is 0.480 e. The first-order valence-corrected chi connectivity index (χ1v) is 6.26. The first kappa shape index (κ1) is 14.5. The predicted octanol–water partition coefficient (Wildman–Crippen LogP) is 1.07. The summed E-state index contributed by atoms with van der Waals surface area (Å²) in [7, 11) is 1.30. The summed E-state index contributed by atoms with van der Waals surface area (Å²) >= 11 is 0.